The van der Waals surface area contributed by atoms with Crippen molar-refractivity contribution >= 4 is 0 Å². The average Bonchev–Trinajstić information content (AvgIpc) is 3.06. The Labute approximate surface area is 95.4 Å². The number of nitrogens with zero attached hydrogens (tertiary/aromatic N) is 1. The molecule has 2 nitrogen and oxygen atoms in total. The zero-order chi connectivity index (χ0) is 10.9. The highest BCUT2D eigenvalue weighted by molar-refractivity contribution is 4.84. The van der Waals surface area contributed by atoms with Crippen molar-refractivity contribution in [2.45, 2.75) is 58.4 Å². The van der Waals surface area contributed by atoms with Gasteiger partial charge in [0.25, 0.3) is 0 Å². The minimum Gasteiger partial charge on any atom is -0.315 e. The molecule has 90 valence electrons. The first-order valence-electron chi connectivity index (χ1n) is 6.83. The number of hydrogen-bond donors (Lipinski definition) is 1. The first-order chi connectivity index (χ1) is 7.38. The lowest BCUT2D eigenvalue weighted by molar-refractivity contribution is 0.259. The van der Waals surface area contributed by atoms with E-state index in [1.807, 2.05) is 0 Å². The molecule has 0 spiro atoms. The fraction of sp³-hybridized carbons (Fsp3) is 1.00. The van der Waals surface area contributed by atoms with Gasteiger partial charge in [-0.3, -0.25) is 4.90 Å². The molecule has 0 aromatic rings. The number of hydrogen-bond acceptors (Lipinski definition) is 2. The molecule has 1 aliphatic rings. The molecular formula is C13H28N2. The Bertz CT molecular complexity index is 143. The van der Waals surface area contributed by atoms with Gasteiger partial charge in [-0.25, -0.2) is 0 Å². The summed E-state index contributed by atoms with van der Waals surface area (Å²) in [6.45, 7) is 9.48. The average molecular weight is 212 g/mol. The summed E-state index contributed by atoms with van der Waals surface area (Å²) in [6.07, 6.45) is 8.20. The summed E-state index contributed by atoms with van der Waals surface area (Å²) in [6, 6.07) is 0.935. The molecule has 1 saturated carbocycles. The molecule has 0 atom stereocenters. The van der Waals surface area contributed by atoms with Crippen LogP contribution < -0.4 is 5.32 Å². The lowest BCUT2D eigenvalue weighted by Crippen LogP contribution is -2.34. The van der Waals surface area contributed by atoms with E-state index >= 15 is 0 Å². The van der Waals surface area contributed by atoms with Crippen LogP contribution in [0.4, 0.5) is 0 Å². The SMILES string of the molecule is CCCCNCCN(CCCC)C1CC1. The second-order valence-corrected chi connectivity index (χ2v) is 4.72. The van der Waals surface area contributed by atoms with Crippen molar-refractivity contribution in [3.8, 4) is 0 Å². The third-order valence-corrected chi connectivity index (χ3v) is 3.15. The van der Waals surface area contributed by atoms with Gasteiger partial charge in [0.1, 0.15) is 0 Å². The normalized spacial score (nSPS) is 16.2. The predicted octanol–water partition coefficient (Wildman–Crippen LogP) is 2.64. The lowest BCUT2D eigenvalue weighted by Gasteiger charge is -2.21. The summed E-state index contributed by atoms with van der Waals surface area (Å²) in [5.41, 5.74) is 0. The van der Waals surface area contributed by atoms with Crippen molar-refractivity contribution < 1.29 is 0 Å². The summed E-state index contributed by atoms with van der Waals surface area (Å²) in [7, 11) is 0. The molecule has 1 N–H and O–H groups in total. The molecule has 15 heavy (non-hydrogen) atoms. The first-order valence-corrected chi connectivity index (χ1v) is 6.83. The highest BCUT2D eigenvalue weighted by atomic mass is 15.2. The van der Waals surface area contributed by atoms with Crippen LogP contribution in [0.25, 0.3) is 0 Å². The molecule has 0 radical (unpaired) electrons. The van der Waals surface area contributed by atoms with Crippen molar-refractivity contribution in [3.05, 3.63) is 0 Å². The van der Waals surface area contributed by atoms with Crippen molar-refractivity contribution in [1.29, 1.82) is 0 Å². The summed E-state index contributed by atoms with van der Waals surface area (Å²) in [4.78, 5) is 2.68. The van der Waals surface area contributed by atoms with Crippen molar-refractivity contribution in [1.82, 2.24) is 10.2 Å². The van der Waals surface area contributed by atoms with Crippen LogP contribution in [-0.4, -0.2) is 37.1 Å². The van der Waals surface area contributed by atoms with E-state index < -0.39 is 0 Å². The van der Waals surface area contributed by atoms with Crippen molar-refractivity contribution in [2.24, 2.45) is 0 Å². The van der Waals surface area contributed by atoms with Crippen LogP contribution in [0.3, 0.4) is 0 Å². The molecule has 0 saturated heterocycles. The van der Waals surface area contributed by atoms with Gasteiger partial charge in [0.05, 0.1) is 0 Å². The van der Waals surface area contributed by atoms with Gasteiger partial charge in [-0.2, -0.15) is 0 Å². The third kappa shape index (κ3) is 6.16. The maximum Gasteiger partial charge on any atom is 0.0110 e. The van der Waals surface area contributed by atoms with Crippen LogP contribution in [0.15, 0.2) is 0 Å². The predicted molar refractivity (Wildman–Crippen MR) is 67.3 cm³/mol. The monoisotopic (exact) mass is 212 g/mol. The molecule has 2 heteroatoms. The molecule has 0 unspecified atom stereocenters. The topological polar surface area (TPSA) is 15.3 Å². The fourth-order valence-electron chi connectivity index (χ4n) is 1.93. The molecule has 0 amide bonds. The maximum absolute atomic E-state index is 3.53. The summed E-state index contributed by atoms with van der Waals surface area (Å²) in [5.74, 6) is 0. The largest absolute Gasteiger partial charge is 0.315 e. The van der Waals surface area contributed by atoms with Gasteiger partial charge in [-0.05, 0) is 38.8 Å². The molecule has 0 aromatic heterocycles. The van der Waals surface area contributed by atoms with E-state index in [9.17, 15) is 0 Å². The van der Waals surface area contributed by atoms with E-state index in [0.717, 1.165) is 6.04 Å². The Kier molecular flexibility index (Phi) is 7.03. The zero-order valence-electron chi connectivity index (χ0n) is 10.6. The molecule has 1 fully saturated rings. The molecule has 0 bridgehead atoms. The van der Waals surface area contributed by atoms with Crippen LogP contribution >= 0.6 is 0 Å². The lowest BCUT2D eigenvalue weighted by atomic mass is 10.3. The first kappa shape index (κ1) is 13.0. The van der Waals surface area contributed by atoms with Gasteiger partial charge in [0, 0.05) is 19.1 Å². The Morgan fingerprint density at radius 3 is 2.33 bits per heavy atom. The molecule has 0 aliphatic heterocycles. The van der Waals surface area contributed by atoms with Crippen LogP contribution in [0.5, 0.6) is 0 Å². The van der Waals surface area contributed by atoms with E-state index in [1.165, 1.54) is 64.7 Å². The summed E-state index contributed by atoms with van der Waals surface area (Å²) < 4.78 is 0. The van der Waals surface area contributed by atoms with Gasteiger partial charge in [0.2, 0.25) is 0 Å². The Morgan fingerprint density at radius 1 is 1.00 bits per heavy atom. The van der Waals surface area contributed by atoms with Gasteiger partial charge < -0.3 is 5.32 Å². The standard InChI is InChI=1S/C13H28N2/c1-3-5-9-14-10-12-15(11-6-4-2)13-7-8-13/h13-14H,3-12H2,1-2H3. The summed E-state index contributed by atoms with van der Waals surface area (Å²) >= 11 is 0. The van der Waals surface area contributed by atoms with Gasteiger partial charge in [-0.1, -0.05) is 26.7 Å². The maximum atomic E-state index is 3.53. The van der Waals surface area contributed by atoms with E-state index in [-0.39, 0.29) is 0 Å². The molecule has 0 heterocycles. The molecule has 1 aliphatic carbocycles. The zero-order valence-corrected chi connectivity index (χ0v) is 10.6. The number of nitrogens with one attached hydrogen (secondary N) is 1. The molecular weight excluding hydrogens is 184 g/mol. The Balaban J connectivity index is 1.98. The smallest absolute Gasteiger partial charge is 0.0110 e. The van der Waals surface area contributed by atoms with Crippen LogP contribution in [0.2, 0.25) is 0 Å². The molecule has 0 aromatic carbocycles. The van der Waals surface area contributed by atoms with Crippen LogP contribution in [0.1, 0.15) is 52.4 Å². The third-order valence-electron chi connectivity index (χ3n) is 3.15. The fourth-order valence-corrected chi connectivity index (χ4v) is 1.93. The minimum atomic E-state index is 0.935. The molecule has 1 rings (SSSR count). The Hall–Kier alpha value is -0.0800. The van der Waals surface area contributed by atoms with Crippen molar-refractivity contribution in [2.75, 3.05) is 26.2 Å². The quantitative estimate of drug-likeness (QED) is 0.560. The Morgan fingerprint density at radius 2 is 1.73 bits per heavy atom. The van der Waals surface area contributed by atoms with Gasteiger partial charge >= 0.3 is 0 Å². The van der Waals surface area contributed by atoms with E-state index in [0.29, 0.717) is 0 Å². The van der Waals surface area contributed by atoms with Crippen LogP contribution in [0, 0.1) is 0 Å². The van der Waals surface area contributed by atoms with E-state index in [2.05, 4.69) is 24.1 Å². The van der Waals surface area contributed by atoms with Crippen molar-refractivity contribution in [3.63, 3.8) is 0 Å². The van der Waals surface area contributed by atoms with E-state index in [4.69, 9.17) is 0 Å². The summed E-state index contributed by atoms with van der Waals surface area (Å²) in [5, 5.41) is 3.53. The van der Waals surface area contributed by atoms with E-state index in [1.54, 1.807) is 0 Å². The number of unbranched alkanes of at least 4 members (excludes halogenated alkanes) is 2. The number of rotatable bonds is 10. The van der Waals surface area contributed by atoms with Gasteiger partial charge in [-0.15, -0.1) is 0 Å². The van der Waals surface area contributed by atoms with Crippen LogP contribution in [-0.2, 0) is 0 Å². The second-order valence-electron chi connectivity index (χ2n) is 4.72. The highest BCUT2D eigenvalue weighted by Gasteiger charge is 2.27. The highest BCUT2D eigenvalue weighted by Crippen LogP contribution is 2.26. The van der Waals surface area contributed by atoms with Gasteiger partial charge in [0.15, 0.2) is 0 Å². The minimum absolute atomic E-state index is 0.935. The second kappa shape index (κ2) is 8.12.